The van der Waals surface area contributed by atoms with Crippen LogP contribution in [0.15, 0.2) is 48.2 Å². The van der Waals surface area contributed by atoms with Crippen LogP contribution < -0.4 is 10.1 Å². The Balaban J connectivity index is 1.88. The number of esters is 1. The predicted molar refractivity (Wildman–Crippen MR) is 68.0 cm³/mol. The zero-order valence-corrected chi connectivity index (χ0v) is 10.2. The largest absolute Gasteiger partial charge is 0.497 e. The molecule has 0 bridgehead atoms. The van der Waals surface area contributed by atoms with Gasteiger partial charge in [-0.25, -0.2) is 4.79 Å². The number of rotatable bonds is 4. The van der Waals surface area contributed by atoms with Crippen molar-refractivity contribution in [3.8, 4) is 5.75 Å². The molecular weight excluding hydrogens is 230 g/mol. The molecule has 94 valence electrons. The van der Waals surface area contributed by atoms with Crippen LogP contribution in [0.2, 0.25) is 0 Å². The number of nitrogens with one attached hydrogen (secondary N) is 1. The van der Waals surface area contributed by atoms with Gasteiger partial charge in [0.05, 0.1) is 12.7 Å². The van der Waals surface area contributed by atoms with Gasteiger partial charge in [0.25, 0.3) is 0 Å². The molecule has 0 aromatic heterocycles. The first-order valence-electron chi connectivity index (χ1n) is 5.70. The maximum absolute atomic E-state index is 11.7. The van der Waals surface area contributed by atoms with Crippen molar-refractivity contribution in [3.05, 3.63) is 53.8 Å². The minimum absolute atomic E-state index is 0.258. The monoisotopic (exact) mass is 245 g/mol. The van der Waals surface area contributed by atoms with Gasteiger partial charge < -0.3 is 14.8 Å². The summed E-state index contributed by atoms with van der Waals surface area (Å²) in [5, 5.41) is 2.96. The summed E-state index contributed by atoms with van der Waals surface area (Å²) < 4.78 is 10.3. The first-order valence-corrected chi connectivity index (χ1v) is 5.70. The van der Waals surface area contributed by atoms with E-state index in [0.29, 0.717) is 5.57 Å². The zero-order chi connectivity index (χ0) is 12.8. The fraction of sp³-hybridized carbons (Fsp3) is 0.214. The second-order valence-corrected chi connectivity index (χ2v) is 3.83. The number of carbonyl (C=O) groups excluding carboxylic acids is 1. The highest BCUT2D eigenvalue weighted by Crippen LogP contribution is 2.13. The highest BCUT2D eigenvalue weighted by Gasteiger charge is 2.09. The number of hydrogen-bond acceptors (Lipinski definition) is 4. The van der Waals surface area contributed by atoms with Gasteiger partial charge in [-0.3, -0.25) is 0 Å². The van der Waals surface area contributed by atoms with Gasteiger partial charge in [-0.1, -0.05) is 18.2 Å². The van der Waals surface area contributed by atoms with Crippen LogP contribution in [0.5, 0.6) is 5.75 Å². The molecule has 18 heavy (non-hydrogen) atoms. The summed E-state index contributed by atoms with van der Waals surface area (Å²) in [4.78, 5) is 11.7. The quantitative estimate of drug-likeness (QED) is 0.821. The molecule has 0 unspecified atom stereocenters. The van der Waals surface area contributed by atoms with E-state index in [0.717, 1.165) is 17.9 Å². The van der Waals surface area contributed by atoms with Crippen LogP contribution in [-0.4, -0.2) is 19.6 Å². The number of carbonyl (C=O) groups is 1. The molecule has 0 radical (unpaired) electrons. The minimum Gasteiger partial charge on any atom is -0.497 e. The van der Waals surface area contributed by atoms with Crippen molar-refractivity contribution >= 4 is 5.97 Å². The molecule has 1 aliphatic heterocycles. The number of ether oxygens (including phenoxy) is 2. The molecule has 1 aliphatic rings. The lowest BCUT2D eigenvalue weighted by Crippen LogP contribution is -2.15. The summed E-state index contributed by atoms with van der Waals surface area (Å²) in [7, 11) is 1.61. The Bertz CT molecular complexity index is 474. The number of methoxy groups -OCH3 is 1. The molecule has 4 heteroatoms. The molecule has 0 aliphatic carbocycles. The summed E-state index contributed by atoms with van der Waals surface area (Å²) in [5.74, 6) is 0.460. The fourth-order valence-corrected chi connectivity index (χ4v) is 1.55. The van der Waals surface area contributed by atoms with Gasteiger partial charge in [0, 0.05) is 12.7 Å². The summed E-state index contributed by atoms with van der Waals surface area (Å²) >= 11 is 0. The third-order valence-corrected chi connectivity index (χ3v) is 2.56. The van der Waals surface area contributed by atoms with E-state index in [2.05, 4.69) is 5.32 Å². The molecule has 0 saturated carbocycles. The topological polar surface area (TPSA) is 47.6 Å². The normalized spacial score (nSPS) is 13.5. The van der Waals surface area contributed by atoms with Gasteiger partial charge in [-0.05, 0) is 23.8 Å². The SMILES string of the molecule is COc1ccc(COC(=O)C2=CNCC=C2)cc1. The highest BCUT2D eigenvalue weighted by atomic mass is 16.5. The maximum Gasteiger partial charge on any atom is 0.339 e. The maximum atomic E-state index is 11.7. The van der Waals surface area contributed by atoms with Crippen molar-refractivity contribution < 1.29 is 14.3 Å². The summed E-state index contributed by atoms with van der Waals surface area (Å²) in [6.45, 7) is 1.00. The summed E-state index contributed by atoms with van der Waals surface area (Å²) in [6.07, 6.45) is 5.30. The average Bonchev–Trinajstić information content (AvgIpc) is 2.46. The van der Waals surface area contributed by atoms with Gasteiger partial charge in [0.15, 0.2) is 0 Å². The number of benzene rings is 1. The highest BCUT2D eigenvalue weighted by molar-refractivity contribution is 5.91. The molecule has 0 fully saturated rings. The Hall–Kier alpha value is -2.23. The van der Waals surface area contributed by atoms with Crippen LogP contribution in [-0.2, 0) is 16.1 Å². The van der Waals surface area contributed by atoms with E-state index >= 15 is 0 Å². The lowest BCUT2D eigenvalue weighted by molar-refractivity contribution is -0.139. The van der Waals surface area contributed by atoms with Crippen molar-refractivity contribution in [1.82, 2.24) is 5.32 Å². The van der Waals surface area contributed by atoms with Gasteiger partial charge in [0.1, 0.15) is 12.4 Å². The van der Waals surface area contributed by atoms with Crippen LogP contribution in [0, 0.1) is 0 Å². The Morgan fingerprint density at radius 3 is 2.72 bits per heavy atom. The van der Waals surface area contributed by atoms with Crippen LogP contribution >= 0.6 is 0 Å². The molecule has 4 nitrogen and oxygen atoms in total. The van der Waals surface area contributed by atoms with E-state index in [9.17, 15) is 4.79 Å². The molecule has 1 heterocycles. The molecule has 0 saturated heterocycles. The lowest BCUT2D eigenvalue weighted by Gasteiger charge is -2.09. The van der Waals surface area contributed by atoms with Gasteiger partial charge in [-0.15, -0.1) is 0 Å². The molecule has 1 aromatic rings. The third-order valence-electron chi connectivity index (χ3n) is 2.56. The lowest BCUT2D eigenvalue weighted by atomic mass is 10.2. The van der Waals surface area contributed by atoms with Crippen LogP contribution in [0.4, 0.5) is 0 Å². The Labute approximate surface area is 106 Å². The smallest absolute Gasteiger partial charge is 0.339 e. The number of hydrogen-bond donors (Lipinski definition) is 1. The van der Waals surface area contributed by atoms with E-state index < -0.39 is 0 Å². The summed E-state index contributed by atoms with van der Waals surface area (Å²) in [5.41, 5.74) is 1.47. The Kier molecular flexibility index (Phi) is 4.02. The molecule has 0 atom stereocenters. The van der Waals surface area contributed by atoms with E-state index in [-0.39, 0.29) is 12.6 Å². The first kappa shape index (κ1) is 12.2. The second kappa shape index (κ2) is 5.91. The first-order chi connectivity index (χ1) is 8.79. The van der Waals surface area contributed by atoms with E-state index in [1.54, 1.807) is 19.4 Å². The summed E-state index contributed by atoms with van der Waals surface area (Å²) in [6, 6.07) is 7.42. The zero-order valence-electron chi connectivity index (χ0n) is 10.2. The number of dihydropyridines is 1. The van der Waals surface area contributed by atoms with Crippen molar-refractivity contribution in [2.24, 2.45) is 0 Å². The van der Waals surface area contributed by atoms with Crippen LogP contribution in [0.3, 0.4) is 0 Å². The Morgan fingerprint density at radius 1 is 1.33 bits per heavy atom. The molecule has 0 spiro atoms. The molecule has 1 aromatic carbocycles. The van der Waals surface area contributed by atoms with E-state index in [4.69, 9.17) is 9.47 Å². The predicted octanol–water partition coefficient (Wildman–Crippen LogP) is 1.78. The molecule has 0 amide bonds. The van der Waals surface area contributed by atoms with E-state index in [1.165, 1.54) is 0 Å². The van der Waals surface area contributed by atoms with Crippen LogP contribution in [0.1, 0.15) is 5.56 Å². The molecule has 1 N–H and O–H groups in total. The third kappa shape index (κ3) is 3.13. The minimum atomic E-state index is -0.325. The van der Waals surface area contributed by atoms with Crippen molar-refractivity contribution in [2.75, 3.05) is 13.7 Å². The van der Waals surface area contributed by atoms with Gasteiger partial charge in [0.2, 0.25) is 0 Å². The average molecular weight is 245 g/mol. The fourth-order valence-electron chi connectivity index (χ4n) is 1.55. The molecular formula is C14H15NO3. The van der Waals surface area contributed by atoms with E-state index in [1.807, 2.05) is 30.3 Å². The van der Waals surface area contributed by atoms with Crippen molar-refractivity contribution in [3.63, 3.8) is 0 Å². The Morgan fingerprint density at radius 2 is 2.11 bits per heavy atom. The second-order valence-electron chi connectivity index (χ2n) is 3.83. The molecule has 2 rings (SSSR count). The van der Waals surface area contributed by atoms with Crippen molar-refractivity contribution in [1.29, 1.82) is 0 Å². The van der Waals surface area contributed by atoms with Crippen molar-refractivity contribution in [2.45, 2.75) is 6.61 Å². The standard InChI is InChI=1S/C14H15NO3/c1-17-13-6-4-11(5-7-13)10-18-14(16)12-3-2-8-15-9-12/h2-7,9,15H,8,10H2,1H3. The van der Waals surface area contributed by atoms with Gasteiger partial charge >= 0.3 is 5.97 Å². The van der Waals surface area contributed by atoms with Gasteiger partial charge in [-0.2, -0.15) is 0 Å². The van der Waals surface area contributed by atoms with Crippen LogP contribution in [0.25, 0.3) is 0 Å².